The first-order valence-electron chi connectivity index (χ1n) is 9.72. The molecule has 7 nitrogen and oxygen atoms in total. The second kappa shape index (κ2) is 8.16. The highest BCUT2D eigenvalue weighted by Gasteiger charge is 2.10. The first kappa shape index (κ1) is 18.6. The van der Waals surface area contributed by atoms with Crippen LogP contribution in [0.2, 0.25) is 0 Å². The summed E-state index contributed by atoms with van der Waals surface area (Å²) in [6, 6.07) is 15.5. The molecule has 0 bridgehead atoms. The Hall–Kier alpha value is -4.39. The zero-order valence-electron chi connectivity index (χ0n) is 16.7. The molecule has 0 aliphatic carbocycles. The maximum atomic E-state index is 4.65. The second-order valence-electron chi connectivity index (χ2n) is 6.88. The highest BCUT2D eigenvalue weighted by Crippen LogP contribution is 2.23. The third kappa shape index (κ3) is 4.02. The number of aromatic nitrogens is 7. The Morgan fingerprint density at radius 3 is 1.42 bits per heavy atom. The molecule has 0 aliphatic rings. The van der Waals surface area contributed by atoms with Crippen LogP contribution in [0.15, 0.2) is 85.7 Å². The fourth-order valence-corrected chi connectivity index (χ4v) is 3.16. The molecule has 5 heterocycles. The molecule has 148 valence electrons. The first-order chi connectivity index (χ1) is 15.3. The van der Waals surface area contributed by atoms with Crippen LogP contribution in [0.25, 0.3) is 45.3 Å². The molecule has 0 radical (unpaired) electrons. The van der Waals surface area contributed by atoms with Crippen LogP contribution in [0.4, 0.5) is 0 Å². The van der Waals surface area contributed by atoms with E-state index in [0.29, 0.717) is 17.5 Å². The molecule has 0 amide bonds. The summed E-state index contributed by atoms with van der Waals surface area (Å²) in [7, 11) is 0. The monoisotopic (exact) mass is 403 g/mol. The van der Waals surface area contributed by atoms with Crippen molar-refractivity contribution >= 4 is 0 Å². The predicted octanol–water partition coefficient (Wildman–Crippen LogP) is 4.43. The molecule has 0 N–H and O–H groups in total. The van der Waals surface area contributed by atoms with Gasteiger partial charge in [0, 0.05) is 59.4 Å². The van der Waals surface area contributed by atoms with Crippen LogP contribution in [0.3, 0.4) is 0 Å². The Morgan fingerprint density at radius 2 is 1.03 bits per heavy atom. The minimum atomic E-state index is 0.573. The zero-order chi connectivity index (χ0) is 21.0. The summed E-state index contributed by atoms with van der Waals surface area (Å²) in [5.74, 6) is 1.78. The minimum Gasteiger partial charge on any atom is -0.264 e. The molecule has 0 saturated carbocycles. The Morgan fingerprint density at radius 1 is 0.516 bits per heavy atom. The van der Waals surface area contributed by atoms with Gasteiger partial charge in [-0.05, 0) is 55.5 Å². The largest absolute Gasteiger partial charge is 0.264 e. The number of hydrogen-bond donors (Lipinski definition) is 0. The van der Waals surface area contributed by atoms with Crippen molar-refractivity contribution in [3.8, 4) is 45.3 Å². The van der Waals surface area contributed by atoms with Crippen molar-refractivity contribution in [2.45, 2.75) is 6.92 Å². The van der Waals surface area contributed by atoms with Crippen molar-refractivity contribution in [1.82, 2.24) is 34.9 Å². The van der Waals surface area contributed by atoms with Gasteiger partial charge in [0.05, 0.1) is 11.4 Å². The smallest absolute Gasteiger partial charge is 0.165 e. The van der Waals surface area contributed by atoms with E-state index >= 15 is 0 Å². The van der Waals surface area contributed by atoms with Crippen molar-refractivity contribution in [2.75, 3.05) is 0 Å². The third-order valence-electron chi connectivity index (χ3n) is 4.71. The Bertz CT molecular complexity index is 1200. The normalized spacial score (nSPS) is 10.7. The lowest BCUT2D eigenvalue weighted by Gasteiger charge is -2.07. The average molecular weight is 403 g/mol. The lowest BCUT2D eigenvalue weighted by molar-refractivity contribution is 0.988. The summed E-state index contributed by atoms with van der Waals surface area (Å²) in [4.78, 5) is 31.0. The molecule has 0 atom stereocenters. The van der Waals surface area contributed by atoms with Crippen LogP contribution in [0, 0.1) is 6.92 Å². The van der Waals surface area contributed by atoms with Crippen LogP contribution in [-0.2, 0) is 0 Å². The van der Waals surface area contributed by atoms with Crippen molar-refractivity contribution in [3.05, 3.63) is 91.5 Å². The van der Waals surface area contributed by atoms with Crippen LogP contribution in [0.1, 0.15) is 5.82 Å². The molecule has 5 aromatic rings. The van der Waals surface area contributed by atoms with Crippen molar-refractivity contribution in [3.63, 3.8) is 0 Å². The molecule has 7 heteroatoms. The van der Waals surface area contributed by atoms with Crippen molar-refractivity contribution in [2.24, 2.45) is 0 Å². The molecule has 0 unspecified atom stereocenters. The lowest BCUT2D eigenvalue weighted by Crippen LogP contribution is -2.00. The Balaban J connectivity index is 1.45. The highest BCUT2D eigenvalue weighted by molar-refractivity contribution is 5.65. The van der Waals surface area contributed by atoms with E-state index in [1.165, 1.54) is 0 Å². The van der Waals surface area contributed by atoms with Gasteiger partial charge in [-0.25, -0.2) is 15.0 Å². The molecule has 0 fully saturated rings. The molecule has 0 saturated heterocycles. The lowest BCUT2D eigenvalue weighted by atomic mass is 10.1. The van der Waals surface area contributed by atoms with Crippen LogP contribution >= 0.6 is 0 Å². The SMILES string of the molecule is Cc1nc(-c2ccc(-c3cccnc3)nc2)nc(-c2ccc(-c3cccnc3)nc2)n1. The molecule has 5 aromatic heterocycles. The van der Waals surface area contributed by atoms with Crippen molar-refractivity contribution < 1.29 is 0 Å². The zero-order valence-corrected chi connectivity index (χ0v) is 16.7. The molecule has 0 spiro atoms. The van der Waals surface area contributed by atoms with Gasteiger partial charge in [0.25, 0.3) is 0 Å². The summed E-state index contributed by atoms with van der Waals surface area (Å²) < 4.78 is 0. The molecule has 0 aliphatic heterocycles. The topological polar surface area (TPSA) is 90.2 Å². The van der Waals surface area contributed by atoms with E-state index in [0.717, 1.165) is 33.6 Å². The van der Waals surface area contributed by atoms with Crippen LogP contribution in [-0.4, -0.2) is 34.9 Å². The third-order valence-corrected chi connectivity index (χ3v) is 4.71. The Kier molecular flexibility index (Phi) is 4.90. The van der Waals surface area contributed by atoms with Gasteiger partial charge in [0.2, 0.25) is 0 Å². The molecule has 5 rings (SSSR count). The average Bonchev–Trinajstić information content (AvgIpc) is 2.85. The summed E-state index contributed by atoms with van der Waals surface area (Å²) in [6.45, 7) is 1.85. The number of hydrogen-bond acceptors (Lipinski definition) is 7. The fourth-order valence-electron chi connectivity index (χ4n) is 3.16. The summed E-state index contributed by atoms with van der Waals surface area (Å²) in [5, 5.41) is 0. The highest BCUT2D eigenvalue weighted by atomic mass is 15.0. The van der Waals surface area contributed by atoms with Gasteiger partial charge in [-0.15, -0.1) is 0 Å². The fraction of sp³-hybridized carbons (Fsp3) is 0.0417. The quantitative estimate of drug-likeness (QED) is 0.438. The minimum absolute atomic E-state index is 0.573. The molecule has 31 heavy (non-hydrogen) atoms. The van der Waals surface area contributed by atoms with E-state index in [1.807, 2.05) is 55.5 Å². The summed E-state index contributed by atoms with van der Waals surface area (Å²) in [5.41, 5.74) is 5.25. The standard InChI is InChI=1S/C24H17N7/c1-16-29-23(19-6-8-21(27-14-19)17-4-2-10-25-12-17)31-24(30-16)20-7-9-22(28-15-20)18-5-3-11-26-13-18/h2-15H,1H3. The summed E-state index contributed by atoms with van der Waals surface area (Å²) >= 11 is 0. The van der Waals surface area contributed by atoms with Crippen LogP contribution < -0.4 is 0 Å². The molecular weight excluding hydrogens is 386 g/mol. The second-order valence-corrected chi connectivity index (χ2v) is 6.88. The van der Waals surface area contributed by atoms with E-state index in [4.69, 9.17) is 0 Å². The van der Waals surface area contributed by atoms with Gasteiger partial charge in [0.15, 0.2) is 11.6 Å². The van der Waals surface area contributed by atoms with E-state index < -0.39 is 0 Å². The van der Waals surface area contributed by atoms with E-state index in [2.05, 4.69) is 34.9 Å². The number of pyridine rings is 4. The van der Waals surface area contributed by atoms with Crippen LogP contribution in [0.5, 0.6) is 0 Å². The van der Waals surface area contributed by atoms with E-state index in [9.17, 15) is 0 Å². The van der Waals surface area contributed by atoms with Gasteiger partial charge in [-0.1, -0.05) is 0 Å². The Labute approximate surface area is 179 Å². The molecular formula is C24H17N7. The van der Waals surface area contributed by atoms with Gasteiger partial charge in [-0.3, -0.25) is 19.9 Å². The van der Waals surface area contributed by atoms with Gasteiger partial charge in [0.1, 0.15) is 5.82 Å². The summed E-state index contributed by atoms with van der Waals surface area (Å²) in [6.07, 6.45) is 10.6. The van der Waals surface area contributed by atoms with Crippen molar-refractivity contribution in [1.29, 1.82) is 0 Å². The maximum absolute atomic E-state index is 4.65. The number of rotatable bonds is 4. The predicted molar refractivity (Wildman–Crippen MR) is 117 cm³/mol. The van der Waals surface area contributed by atoms with Gasteiger partial charge in [-0.2, -0.15) is 0 Å². The van der Waals surface area contributed by atoms with Gasteiger partial charge >= 0.3 is 0 Å². The van der Waals surface area contributed by atoms with Gasteiger partial charge < -0.3 is 0 Å². The van der Waals surface area contributed by atoms with E-state index in [1.54, 1.807) is 37.2 Å². The van der Waals surface area contributed by atoms with E-state index in [-0.39, 0.29) is 0 Å². The molecule has 0 aromatic carbocycles. The maximum Gasteiger partial charge on any atom is 0.165 e. The first-order valence-corrected chi connectivity index (χ1v) is 9.72. The number of nitrogens with zero attached hydrogens (tertiary/aromatic N) is 7. The number of aryl methyl sites for hydroxylation is 1.